The van der Waals surface area contributed by atoms with Crippen molar-refractivity contribution in [3.63, 3.8) is 0 Å². The largest absolute Gasteiger partial charge is 0.416 e. The SMILES string of the molecule is O=C(c1cccc(C(F)(F)F)c1)[C@@H]1CCCN(C(=O)CN2CCCC2)C1. The van der Waals surface area contributed by atoms with Gasteiger partial charge in [0.2, 0.25) is 5.91 Å². The van der Waals surface area contributed by atoms with Gasteiger partial charge in [0.25, 0.3) is 0 Å². The van der Waals surface area contributed by atoms with Gasteiger partial charge in [-0.3, -0.25) is 14.5 Å². The number of carbonyl (C=O) groups excluding carboxylic acids is 2. The number of alkyl halides is 3. The second kappa shape index (κ2) is 7.78. The number of benzene rings is 1. The minimum atomic E-state index is -4.47. The van der Waals surface area contributed by atoms with Gasteiger partial charge >= 0.3 is 6.18 Å². The van der Waals surface area contributed by atoms with Gasteiger partial charge in [0.05, 0.1) is 12.1 Å². The van der Waals surface area contributed by atoms with Gasteiger partial charge in [0.1, 0.15) is 0 Å². The summed E-state index contributed by atoms with van der Waals surface area (Å²) < 4.78 is 38.6. The number of Topliss-reactive ketones (excluding diaryl/α,β-unsaturated/α-hetero) is 1. The van der Waals surface area contributed by atoms with E-state index in [-0.39, 0.29) is 17.3 Å². The van der Waals surface area contributed by atoms with Crippen molar-refractivity contribution in [2.45, 2.75) is 31.9 Å². The zero-order chi connectivity index (χ0) is 18.7. The standard InChI is InChI=1S/C19H23F3N2O2/c20-19(21,22)16-7-3-5-14(11-16)18(26)15-6-4-10-24(12-15)17(25)13-23-8-1-2-9-23/h3,5,7,11,15H,1-2,4,6,8-10,12-13H2/t15-/m1/s1. The number of rotatable bonds is 4. The Balaban J connectivity index is 1.65. The van der Waals surface area contributed by atoms with Gasteiger partial charge in [-0.15, -0.1) is 0 Å². The molecule has 0 N–H and O–H groups in total. The van der Waals surface area contributed by atoms with Crippen LogP contribution in [0.3, 0.4) is 0 Å². The summed E-state index contributed by atoms with van der Waals surface area (Å²) in [5, 5.41) is 0. The van der Waals surface area contributed by atoms with Crippen molar-refractivity contribution in [2.24, 2.45) is 5.92 Å². The normalized spacial score (nSPS) is 21.8. The molecule has 2 saturated heterocycles. The molecule has 2 aliphatic heterocycles. The number of carbonyl (C=O) groups is 2. The molecule has 3 rings (SSSR count). The van der Waals surface area contributed by atoms with Crippen LogP contribution in [0.4, 0.5) is 13.2 Å². The van der Waals surface area contributed by atoms with Gasteiger partial charge in [-0.25, -0.2) is 0 Å². The molecule has 0 spiro atoms. The molecule has 1 aromatic rings. The highest BCUT2D eigenvalue weighted by molar-refractivity contribution is 5.98. The first kappa shape index (κ1) is 18.9. The number of piperidine rings is 1. The fourth-order valence-electron chi connectivity index (χ4n) is 3.73. The molecule has 2 heterocycles. The topological polar surface area (TPSA) is 40.6 Å². The van der Waals surface area contributed by atoms with Crippen molar-refractivity contribution in [1.82, 2.24) is 9.80 Å². The zero-order valence-corrected chi connectivity index (χ0v) is 14.6. The molecule has 2 fully saturated rings. The number of hydrogen-bond donors (Lipinski definition) is 0. The number of likely N-dealkylation sites (tertiary alicyclic amines) is 2. The van der Waals surface area contributed by atoms with Crippen molar-refractivity contribution >= 4 is 11.7 Å². The number of ketones is 1. The zero-order valence-electron chi connectivity index (χ0n) is 14.6. The maximum absolute atomic E-state index is 12.9. The molecule has 0 aliphatic carbocycles. The molecule has 0 bridgehead atoms. The highest BCUT2D eigenvalue weighted by Crippen LogP contribution is 2.30. The van der Waals surface area contributed by atoms with E-state index in [4.69, 9.17) is 0 Å². The molecule has 1 aromatic carbocycles. The number of halogens is 3. The summed E-state index contributed by atoms with van der Waals surface area (Å²) in [5.74, 6) is -0.738. The molecule has 0 saturated carbocycles. The van der Waals surface area contributed by atoms with Gasteiger partial charge in [-0.2, -0.15) is 13.2 Å². The Labute approximate surface area is 151 Å². The minimum Gasteiger partial charge on any atom is -0.341 e. The van der Waals surface area contributed by atoms with Crippen LogP contribution in [-0.2, 0) is 11.0 Å². The molecule has 1 atom stereocenters. The summed E-state index contributed by atoms with van der Waals surface area (Å²) in [6.45, 7) is 3.11. The van der Waals surface area contributed by atoms with Crippen molar-refractivity contribution in [1.29, 1.82) is 0 Å². The Kier molecular flexibility index (Phi) is 5.65. The van der Waals surface area contributed by atoms with Crippen molar-refractivity contribution in [3.05, 3.63) is 35.4 Å². The lowest BCUT2D eigenvalue weighted by molar-refractivity contribution is -0.137. The average molecular weight is 368 g/mol. The molecule has 0 radical (unpaired) electrons. The van der Waals surface area contributed by atoms with Gasteiger partial charge in [-0.05, 0) is 50.9 Å². The highest BCUT2D eigenvalue weighted by Gasteiger charge is 2.33. The fourth-order valence-corrected chi connectivity index (χ4v) is 3.73. The summed E-state index contributed by atoms with van der Waals surface area (Å²) in [5.41, 5.74) is -0.750. The van der Waals surface area contributed by atoms with Crippen LogP contribution >= 0.6 is 0 Å². The average Bonchev–Trinajstić information content (AvgIpc) is 3.13. The predicted molar refractivity (Wildman–Crippen MR) is 90.8 cm³/mol. The Morgan fingerprint density at radius 3 is 2.50 bits per heavy atom. The number of amides is 1. The molecular weight excluding hydrogens is 345 g/mol. The summed E-state index contributed by atoms with van der Waals surface area (Å²) >= 11 is 0. The van der Waals surface area contributed by atoms with Crippen molar-refractivity contribution < 1.29 is 22.8 Å². The second-order valence-corrected chi connectivity index (χ2v) is 7.10. The molecule has 7 heteroatoms. The Morgan fingerprint density at radius 2 is 1.81 bits per heavy atom. The minimum absolute atomic E-state index is 0.00782. The maximum atomic E-state index is 12.9. The molecule has 1 amide bonds. The van der Waals surface area contributed by atoms with Gasteiger partial charge in [0.15, 0.2) is 5.78 Å². The molecular formula is C19H23F3N2O2. The molecule has 2 aliphatic rings. The predicted octanol–water partition coefficient (Wildman–Crippen LogP) is 3.22. The molecule has 142 valence electrons. The van der Waals surface area contributed by atoms with Crippen molar-refractivity contribution in [3.8, 4) is 0 Å². The Bertz CT molecular complexity index is 669. The van der Waals surface area contributed by atoms with E-state index in [1.807, 2.05) is 0 Å². The van der Waals surface area contributed by atoms with E-state index in [2.05, 4.69) is 4.90 Å². The summed E-state index contributed by atoms with van der Waals surface area (Å²) in [6, 6.07) is 4.55. The van der Waals surface area contributed by atoms with Crippen LogP contribution in [0.25, 0.3) is 0 Å². The van der Waals surface area contributed by atoms with E-state index in [0.29, 0.717) is 32.5 Å². The summed E-state index contributed by atoms with van der Waals surface area (Å²) in [6.07, 6.45) is -0.974. The van der Waals surface area contributed by atoms with Crippen LogP contribution in [-0.4, -0.2) is 54.2 Å². The molecule has 4 nitrogen and oxygen atoms in total. The molecule has 0 unspecified atom stereocenters. The smallest absolute Gasteiger partial charge is 0.341 e. The summed E-state index contributed by atoms with van der Waals surface area (Å²) in [7, 11) is 0. The number of hydrogen-bond acceptors (Lipinski definition) is 3. The fraction of sp³-hybridized carbons (Fsp3) is 0.579. The molecule has 26 heavy (non-hydrogen) atoms. The quantitative estimate of drug-likeness (QED) is 0.767. The second-order valence-electron chi connectivity index (χ2n) is 7.10. The lowest BCUT2D eigenvalue weighted by Gasteiger charge is -2.33. The Hall–Kier alpha value is -1.89. The van der Waals surface area contributed by atoms with E-state index < -0.39 is 17.7 Å². The number of nitrogens with zero attached hydrogens (tertiary/aromatic N) is 2. The third kappa shape index (κ3) is 4.44. The lowest BCUT2D eigenvalue weighted by atomic mass is 9.89. The maximum Gasteiger partial charge on any atom is 0.416 e. The van der Waals surface area contributed by atoms with E-state index >= 15 is 0 Å². The van der Waals surface area contributed by atoms with E-state index in [1.54, 1.807) is 4.90 Å². The van der Waals surface area contributed by atoms with Gasteiger partial charge in [-0.1, -0.05) is 12.1 Å². The first-order chi connectivity index (χ1) is 12.3. The van der Waals surface area contributed by atoms with Gasteiger partial charge in [0, 0.05) is 24.6 Å². The van der Waals surface area contributed by atoms with Gasteiger partial charge < -0.3 is 4.90 Å². The lowest BCUT2D eigenvalue weighted by Crippen LogP contribution is -2.46. The highest BCUT2D eigenvalue weighted by atomic mass is 19.4. The van der Waals surface area contributed by atoms with E-state index in [1.165, 1.54) is 12.1 Å². The first-order valence-corrected chi connectivity index (χ1v) is 9.06. The van der Waals surface area contributed by atoms with E-state index in [0.717, 1.165) is 38.1 Å². The monoisotopic (exact) mass is 368 g/mol. The van der Waals surface area contributed by atoms with Crippen LogP contribution in [0, 0.1) is 5.92 Å². The first-order valence-electron chi connectivity index (χ1n) is 9.06. The van der Waals surface area contributed by atoms with Crippen LogP contribution in [0.15, 0.2) is 24.3 Å². The summed E-state index contributed by atoms with van der Waals surface area (Å²) in [4.78, 5) is 28.9. The van der Waals surface area contributed by atoms with Crippen LogP contribution in [0.2, 0.25) is 0 Å². The third-order valence-electron chi connectivity index (χ3n) is 5.18. The van der Waals surface area contributed by atoms with Crippen LogP contribution in [0.5, 0.6) is 0 Å². The molecule has 0 aromatic heterocycles. The van der Waals surface area contributed by atoms with E-state index in [9.17, 15) is 22.8 Å². The Morgan fingerprint density at radius 1 is 1.08 bits per heavy atom. The van der Waals surface area contributed by atoms with Crippen LogP contribution in [0.1, 0.15) is 41.6 Å². The van der Waals surface area contributed by atoms with Crippen molar-refractivity contribution in [2.75, 3.05) is 32.7 Å². The third-order valence-corrected chi connectivity index (χ3v) is 5.18. The van der Waals surface area contributed by atoms with Crippen LogP contribution < -0.4 is 0 Å².